The first-order valence-corrected chi connectivity index (χ1v) is 7.13. The largest absolute Gasteiger partial charge is 0.345 e. The smallest absolute Gasteiger partial charge is 0.247 e. The highest BCUT2D eigenvalue weighted by atomic mass is 32.2. The first kappa shape index (κ1) is 13.0. The van der Waals surface area contributed by atoms with Crippen LogP contribution in [-0.2, 0) is 9.59 Å². The minimum atomic E-state index is -0.397. The van der Waals surface area contributed by atoms with Gasteiger partial charge >= 0.3 is 0 Å². The summed E-state index contributed by atoms with van der Waals surface area (Å²) in [6.07, 6.45) is 2.62. The molecule has 0 aromatic heterocycles. The van der Waals surface area contributed by atoms with Crippen LogP contribution in [0.15, 0.2) is 29.2 Å². The molecule has 1 aromatic rings. The second kappa shape index (κ2) is 5.44. The monoisotopic (exact) mass is 264 g/mol. The van der Waals surface area contributed by atoms with E-state index in [-0.39, 0.29) is 18.4 Å². The van der Waals surface area contributed by atoms with Crippen LogP contribution in [0, 0.1) is 0 Å². The number of rotatable bonds is 3. The fourth-order valence-corrected chi connectivity index (χ4v) is 2.50. The Balaban J connectivity index is 2.32. The molecular weight excluding hydrogens is 248 g/mol. The molecular formula is C13H16N2O2S. The Morgan fingerprint density at radius 3 is 2.56 bits per heavy atom. The molecule has 1 fully saturated rings. The molecule has 1 aromatic carbocycles. The quantitative estimate of drug-likeness (QED) is 0.845. The summed E-state index contributed by atoms with van der Waals surface area (Å²) < 4.78 is 0. The number of piperazine rings is 1. The second-order valence-corrected chi connectivity index (χ2v) is 4.98. The summed E-state index contributed by atoms with van der Waals surface area (Å²) in [7, 11) is 0. The Hall–Kier alpha value is -1.49. The molecule has 2 rings (SSSR count). The molecule has 1 atom stereocenters. The van der Waals surface area contributed by atoms with Crippen LogP contribution in [0.1, 0.15) is 13.3 Å². The molecule has 1 aliphatic rings. The number of hydrogen-bond donors (Lipinski definition) is 1. The lowest BCUT2D eigenvalue weighted by Crippen LogP contribution is -2.58. The van der Waals surface area contributed by atoms with E-state index in [0.29, 0.717) is 6.42 Å². The van der Waals surface area contributed by atoms with Crippen molar-refractivity contribution in [2.45, 2.75) is 24.3 Å². The third-order valence-electron chi connectivity index (χ3n) is 3.03. The Morgan fingerprint density at radius 1 is 1.33 bits per heavy atom. The van der Waals surface area contributed by atoms with Crippen molar-refractivity contribution in [3.8, 4) is 0 Å². The standard InChI is InChI=1S/C13H16N2O2S/c1-3-11-13(17)14-8-12(16)15(11)9-4-6-10(18-2)7-5-9/h4-7,11H,3,8H2,1-2H3,(H,14,17). The maximum atomic E-state index is 12.0. The molecule has 4 nitrogen and oxygen atoms in total. The molecule has 2 amide bonds. The van der Waals surface area contributed by atoms with Crippen molar-refractivity contribution in [3.05, 3.63) is 24.3 Å². The fraction of sp³-hybridized carbons (Fsp3) is 0.385. The number of amides is 2. The van der Waals surface area contributed by atoms with Gasteiger partial charge in [0.1, 0.15) is 6.04 Å². The summed E-state index contributed by atoms with van der Waals surface area (Å²) >= 11 is 1.65. The zero-order valence-electron chi connectivity index (χ0n) is 10.5. The molecule has 1 saturated heterocycles. The Bertz CT molecular complexity index is 459. The molecule has 1 N–H and O–H groups in total. The number of thioether (sulfide) groups is 1. The van der Waals surface area contributed by atoms with Crippen LogP contribution in [0.2, 0.25) is 0 Å². The average molecular weight is 264 g/mol. The number of nitrogens with zero attached hydrogens (tertiary/aromatic N) is 1. The van der Waals surface area contributed by atoms with E-state index in [1.54, 1.807) is 16.7 Å². The van der Waals surface area contributed by atoms with Gasteiger partial charge in [0, 0.05) is 10.6 Å². The van der Waals surface area contributed by atoms with Gasteiger partial charge < -0.3 is 5.32 Å². The van der Waals surface area contributed by atoms with Crippen molar-refractivity contribution < 1.29 is 9.59 Å². The lowest BCUT2D eigenvalue weighted by molar-refractivity contribution is -0.131. The van der Waals surface area contributed by atoms with E-state index in [1.165, 1.54) is 0 Å². The number of benzene rings is 1. The lowest BCUT2D eigenvalue weighted by Gasteiger charge is -2.34. The van der Waals surface area contributed by atoms with Gasteiger partial charge in [-0.3, -0.25) is 14.5 Å². The first-order valence-electron chi connectivity index (χ1n) is 5.91. The molecule has 5 heteroatoms. The van der Waals surface area contributed by atoms with E-state index in [9.17, 15) is 9.59 Å². The molecule has 1 heterocycles. The highest BCUT2D eigenvalue weighted by Gasteiger charge is 2.33. The van der Waals surface area contributed by atoms with Gasteiger partial charge in [0.25, 0.3) is 0 Å². The predicted octanol–water partition coefficient (Wildman–Crippen LogP) is 1.65. The number of nitrogens with one attached hydrogen (secondary N) is 1. The van der Waals surface area contributed by atoms with E-state index in [4.69, 9.17) is 0 Å². The Labute approximate surface area is 111 Å². The first-order chi connectivity index (χ1) is 8.67. The van der Waals surface area contributed by atoms with E-state index in [1.807, 2.05) is 37.4 Å². The predicted molar refractivity (Wildman–Crippen MR) is 72.8 cm³/mol. The van der Waals surface area contributed by atoms with Crippen molar-refractivity contribution in [3.63, 3.8) is 0 Å². The van der Waals surface area contributed by atoms with E-state index in [0.717, 1.165) is 10.6 Å². The van der Waals surface area contributed by atoms with Crippen LogP contribution < -0.4 is 10.2 Å². The van der Waals surface area contributed by atoms with Crippen molar-refractivity contribution in [1.82, 2.24) is 5.32 Å². The van der Waals surface area contributed by atoms with Gasteiger partial charge in [-0.15, -0.1) is 11.8 Å². The minimum Gasteiger partial charge on any atom is -0.345 e. The maximum Gasteiger partial charge on any atom is 0.247 e. The summed E-state index contributed by atoms with van der Waals surface area (Å²) in [5.41, 5.74) is 0.791. The molecule has 0 spiro atoms. The third-order valence-corrected chi connectivity index (χ3v) is 3.78. The summed E-state index contributed by atoms with van der Waals surface area (Å²) in [4.78, 5) is 26.5. The minimum absolute atomic E-state index is 0.0571. The van der Waals surface area contributed by atoms with Crippen molar-refractivity contribution >= 4 is 29.3 Å². The van der Waals surface area contributed by atoms with E-state index >= 15 is 0 Å². The molecule has 0 aliphatic carbocycles. The van der Waals surface area contributed by atoms with Crippen molar-refractivity contribution in [2.24, 2.45) is 0 Å². The van der Waals surface area contributed by atoms with Crippen LogP contribution in [0.4, 0.5) is 5.69 Å². The normalized spacial score (nSPS) is 19.9. The highest BCUT2D eigenvalue weighted by Crippen LogP contribution is 2.24. The van der Waals surface area contributed by atoms with Crippen LogP contribution in [0.25, 0.3) is 0 Å². The Morgan fingerprint density at radius 2 is 2.00 bits per heavy atom. The van der Waals surface area contributed by atoms with Crippen molar-refractivity contribution in [2.75, 3.05) is 17.7 Å². The topological polar surface area (TPSA) is 49.4 Å². The molecule has 0 bridgehead atoms. The summed E-state index contributed by atoms with van der Waals surface area (Å²) in [5, 5.41) is 2.62. The van der Waals surface area contributed by atoms with Crippen LogP contribution in [-0.4, -0.2) is 30.7 Å². The fourth-order valence-electron chi connectivity index (χ4n) is 2.09. The summed E-state index contributed by atoms with van der Waals surface area (Å²) in [6.45, 7) is 1.99. The molecule has 18 heavy (non-hydrogen) atoms. The summed E-state index contributed by atoms with van der Waals surface area (Å²) in [5.74, 6) is -0.135. The SMILES string of the molecule is CCC1C(=O)NCC(=O)N1c1ccc(SC)cc1. The zero-order valence-corrected chi connectivity index (χ0v) is 11.3. The maximum absolute atomic E-state index is 12.0. The second-order valence-electron chi connectivity index (χ2n) is 4.10. The number of anilines is 1. The lowest BCUT2D eigenvalue weighted by atomic mass is 10.1. The van der Waals surface area contributed by atoms with Crippen molar-refractivity contribution in [1.29, 1.82) is 0 Å². The van der Waals surface area contributed by atoms with Gasteiger partial charge in [0.2, 0.25) is 11.8 Å². The molecule has 0 radical (unpaired) electrons. The van der Waals surface area contributed by atoms with Gasteiger partial charge in [0.05, 0.1) is 6.54 Å². The molecule has 1 unspecified atom stereocenters. The van der Waals surface area contributed by atoms with Gasteiger partial charge in [0.15, 0.2) is 0 Å². The highest BCUT2D eigenvalue weighted by molar-refractivity contribution is 7.98. The van der Waals surface area contributed by atoms with E-state index < -0.39 is 6.04 Å². The van der Waals surface area contributed by atoms with Gasteiger partial charge in [-0.1, -0.05) is 6.92 Å². The number of carbonyl (C=O) groups is 2. The summed E-state index contributed by atoms with van der Waals surface area (Å²) in [6, 6.07) is 7.32. The van der Waals surface area contributed by atoms with Gasteiger partial charge in [-0.2, -0.15) is 0 Å². The van der Waals surface area contributed by atoms with Crippen LogP contribution >= 0.6 is 11.8 Å². The zero-order chi connectivity index (χ0) is 13.1. The van der Waals surface area contributed by atoms with Gasteiger partial charge in [-0.25, -0.2) is 0 Å². The van der Waals surface area contributed by atoms with Crippen LogP contribution in [0.5, 0.6) is 0 Å². The third kappa shape index (κ3) is 2.36. The Kier molecular flexibility index (Phi) is 3.91. The van der Waals surface area contributed by atoms with Gasteiger partial charge in [-0.05, 0) is 36.9 Å². The molecule has 96 valence electrons. The number of carbonyl (C=O) groups excluding carboxylic acids is 2. The molecule has 0 saturated carbocycles. The van der Waals surface area contributed by atoms with E-state index in [2.05, 4.69) is 5.32 Å². The number of hydrogen-bond acceptors (Lipinski definition) is 3. The van der Waals surface area contributed by atoms with Crippen LogP contribution in [0.3, 0.4) is 0 Å². The molecule has 1 aliphatic heterocycles. The average Bonchev–Trinajstić information content (AvgIpc) is 2.41.